The average Bonchev–Trinajstić information content (AvgIpc) is 2.95. The number of hydrogen-bond donors (Lipinski definition) is 1. The van der Waals surface area contributed by atoms with E-state index in [0.717, 1.165) is 15.2 Å². The molecule has 23 heavy (non-hydrogen) atoms. The second kappa shape index (κ2) is 6.34. The molecular formula is C17H16FN3OS. The molecule has 0 unspecified atom stereocenters. The fourth-order valence-corrected chi connectivity index (χ4v) is 3.17. The summed E-state index contributed by atoms with van der Waals surface area (Å²) >= 11 is 1.54. The first-order valence-corrected chi connectivity index (χ1v) is 7.96. The van der Waals surface area contributed by atoms with Gasteiger partial charge in [0.25, 0.3) is 5.91 Å². The van der Waals surface area contributed by atoms with Gasteiger partial charge in [-0.2, -0.15) is 0 Å². The minimum Gasteiger partial charge on any atom is -0.375 e. The SMILES string of the molecule is CN(C)c1ccc(C(=O)NCc2nc3ccccc3s2)cc1F. The predicted octanol–water partition coefficient (Wildman–Crippen LogP) is 3.43. The number of aromatic nitrogens is 1. The largest absolute Gasteiger partial charge is 0.375 e. The van der Waals surface area contributed by atoms with Crippen molar-refractivity contribution in [3.8, 4) is 0 Å². The van der Waals surface area contributed by atoms with E-state index in [9.17, 15) is 9.18 Å². The molecular weight excluding hydrogens is 313 g/mol. The summed E-state index contributed by atoms with van der Waals surface area (Å²) in [5.41, 5.74) is 1.67. The van der Waals surface area contributed by atoms with Gasteiger partial charge in [-0.3, -0.25) is 4.79 Å². The van der Waals surface area contributed by atoms with Gasteiger partial charge in [0.2, 0.25) is 0 Å². The maximum Gasteiger partial charge on any atom is 0.251 e. The summed E-state index contributed by atoms with van der Waals surface area (Å²) in [6.45, 7) is 0.329. The lowest BCUT2D eigenvalue weighted by Crippen LogP contribution is -2.23. The third-order valence-corrected chi connectivity index (χ3v) is 4.47. The Hall–Kier alpha value is -2.47. The van der Waals surface area contributed by atoms with Crippen LogP contribution in [0.5, 0.6) is 0 Å². The number of halogens is 1. The average molecular weight is 329 g/mol. The molecule has 118 valence electrons. The van der Waals surface area contributed by atoms with E-state index >= 15 is 0 Å². The maximum atomic E-state index is 13.9. The molecule has 0 atom stereocenters. The van der Waals surface area contributed by atoms with Crippen molar-refractivity contribution < 1.29 is 9.18 Å². The van der Waals surface area contributed by atoms with Crippen LogP contribution in [0.4, 0.5) is 10.1 Å². The smallest absolute Gasteiger partial charge is 0.251 e. The summed E-state index contributed by atoms with van der Waals surface area (Å²) in [5, 5.41) is 3.60. The van der Waals surface area contributed by atoms with Gasteiger partial charge in [-0.15, -0.1) is 11.3 Å². The van der Waals surface area contributed by atoms with Gasteiger partial charge in [-0.25, -0.2) is 9.37 Å². The number of carbonyl (C=O) groups excluding carboxylic acids is 1. The van der Waals surface area contributed by atoms with Crippen LogP contribution in [-0.2, 0) is 6.54 Å². The lowest BCUT2D eigenvalue weighted by Gasteiger charge is -2.14. The van der Waals surface area contributed by atoms with Gasteiger partial charge in [0.05, 0.1) is 22.4 Å². The Kier molecular flexibility index (Phi) is 4.25. The topological polar surface area (TPSA) is 45.2 Å². The Morgan fingerprint density at radius 2 is 2.04 bits per heavy atom. The highest BCUT2D eigenvalue weighted by molar-refractivity contribution is 7.18. The first-order chi connectivity index (χ1) is 11.0. The second-order valence-electron chi connectivity index (χ2n) is 5.32. The molecule has 0 saturated heterocycles. The van der Waals surface area contributed by atoms with Crippen molar-refractivity contribution in [1.29, 1.82) is 0 Å². The minimum absolute atomic E-state index is 0.300. The van der Waals surface area contributed by atoms with Gasteiger partial charge < -0.3 is 10.2 Å². The molecule has 0 bridgehead atoms. The Morgan fingerprint density at radius 1 is 1.26 bits per heavy atom. The standard InChI is InChI=1S/C17H16FN3OS/c1-21(2)14-8-7-11(9-12(14)18)17(22)19-10-16-20-13-5-3-4-6-15(13)23-16/h3-9H,10H2,1-2H3,(H,19,22). The van der Waals surface area contributed by atoms with Crippen LogP contribution in [0.15, 0.2) is 42.5 Å². The highest BCUT2D eigenvalue weighted by Gasteiger charge is 2.11. The van der Waals surface area contributed by atoms with Crippen LogP contribution in [0.3, 0.4) is 0 Å². The zero-order chi connectivity index (χ0) is 16.4. The molecule has 0 fully saturated rings. The highest BCUT2D eigenvalue weighted by Crippen LogP contribution is 2.22. The molecule has 0 radical (unpaired) electrons. The van der Waals surface area contributed by atoms with Gasteiger partial charge in [0.1, 0.15) is 10.8 Å². The van der Waals surface area contributed by atoms with Crippen LogP contribution in [0.1, 0.15) is 15.4 Å². The fraction of sp³-hybridized carbons (Fsp3) is 0.176. The van der Waals surface area contributed by atoms with Crippen molar-refractivity contribution in [3.63, 3.8) is 0 Å². The molecule has 1 amide bonds. The van der Waals surface area contributed by atoms with Crippen LogP contribution in [-0.4, -0.2) is 25.0 Å². The molecule has 0 spiro atoms. The number of rotatable bonds is 4. The lowest BCUT2D eigenvalue weighted by atomic mass is 10.1. The molecule has 0 aliphatic carbocycles. The summed E-state index contributed by atoms with van der Waals surface area (Å²) in [6.07, 6.45) is 0. The predicted molar refractivity (Wildman–Crippen MR) is 91.5 cm³/mol. The quantitative estimate of drug-likeness (QED) is 0.797. The number of anilines is 1. The first-order valence-electron chi connectivity index (χ1n) is 7.14. The van der Waals surface area contributed by atoms with Crippen molar-refractivity contribution >= 4 is 33.1 Å². The van der Waals surface area contributed by atoms with Crippen LogP contribution in [0.2, 0.25) is 0 Å². The summed E-state index contributed by atoms with van der Waals surface area (Å²) in [4.78, 5) is 18.3. The van der Waals surface area contributed by atoms with Crippen molar-refractivity contribution in [1.82, 2.24) is 10.3 Å². The molecule has 1 N–H and O–H groups in total. The zero-order valence-electron chi connectivity index (χ0n) is 12.8. The molecule has 1 aromatic heterocycles. The van der Waals surface area contributed by atoms with Crippen LogP contribution >= 0.6 is 11.3 Å². The number of thiazole rings is 1. The number of nitrogens with one attached hydrogen (secondary N) is 1. The summed E-state index contributed by atoms with van der Waals surface area (Å²) in [5.74, 6) is -0.726. The van der Waals surface area contributed by atoms with E-state index < -0.39 is 5.82 Å². The van der Waals surface area contributed by atoms with Crippen molar-refractivity contribution in [2.75, 3.05) is 19.0 Å². The van der Waals surface area contributed by atoms with Crippen LogP contribution in [0, 0.1) is 5.82 Å². The number of hydrogen-bond acceptors (Lipinski definition) is 4. The van der Waals surface area contributed by atoms with E-state index in [1.165, 1.54) is 17.4 Å². The van der Waals surface area contributed by atoms with E-state index in [2.05, 4.69) is 10.3 Å². The van der Waals surface area contributed by atoms with E-state index in [4.69, 9.17) is 0 Å². The van der Waals surface area contributed by atoms with Gasteiger partial charge in [0.15, 0.2) is 0 Å². The number of carbonyl (C=O) groups is 1. The molecule has 4 nitrogen and oxygen atoms in total. The molecule has 0 aliphatic heterocycles. The number of para-hydroxylation sites is 1. The monoisotopic (exact) mass is 329 g/mol. The zero-order valence-corrected chi connectivity index (χ0v) is 13.7. The van der Waals surface area contributed by atoms with Crippen molar-refractivity contribution in [2.24, 2.45) is 0 Å². The summed E-state index contributed by atoms with van der Waals surface area (Å²) < 4.78 is 15.0. The molecule has 6 heteroatoms. The Labute approximate surface area is 137 Å². The highest BCUT2D eigenvalue weighted by atomic mass is 32.1. The number of nitrogens with zero attached hydrogens (tertiary/aromatic N) is 2. The third-order valence-electron chi connectivity index (χ3n) is 3.43. The van der Waals surface area contributed by atoms with E-state index in [0.29, 0.717) is 17.8 Å². The molecule has 1 heterocycles. The molecule has 3 rings (SSSR count). The number of fused-ring (bicyclic) bond motifs is 1. The van der Waals surface area contributed by atoms with Gasteiger partial charge >= 0.3 is 0 Å². The molecule has 3 aromatic rings. The number of amides is 1. The summed E-state index contributed by atoms with van der Waals surface area (Å²) in [6, 6.07) is 12.3. The molecule has 0 saturated carbocycles. The molecule has 0 aliphatic rings. The Morgan fingerprint density at radius 3 is 2.74 bits per heavy atom. The van der Waals surface area contributed by atoms with Gasteiger partial charge in [0, 0.05) is 19.7 Å². The van der Waals surface area contributed by atoms with Crippen LogP contribution < -0.4 is 10.2 Å². The van der Waals surface area contributed by atoms with Crippen molar-refractivity contribution in [3.05, 3.63) is 58.9 Å². The maximum absolute atomic E-state index is 13.9. The number of benzene rings is 2. The third kappa shape index (κ3) is 3.32. The van der Waals surface area contributed by atoms with Crippen molar-refractivity contribution in [2.45, 2.75) is 6.54 Å². The normalized spacial score (nSPS) is 10.7. The fourth-order valence-electron chi connectivity index (χ4n) is 2.26. The van der Waals surface area contributed by atoms with E-state index in [-0.39, 0.29) is 5.91 Å². The Balaban J connectivity index is 1.70. The van der Waals surface area contributed by atoms with Gasteiger partial charge in [-0.1, -0.05) is 12.1 Å². The van der Waals surface area contributed by atoms with Gasteiger partial charge in [-0.05, 0) is 30.3 Å². The lowest BCUT2D eigenvalue weighted by molar-refractivity contribution is 0.0950. The van der Waals surface area contributed by atoms with Crippen LogP contribution in [0.25, 0.3) is 10.2 Å². The van der Waals surface area contributed by atoms with E-state index in [1.54, 1.807) is 31.1 Å². The first kappa shape index (κ1) is 15.4. The minimum atomic E-state index is -0.414. The molecule has 2 aromatic carbocycles. The van der Waals surface area contributed by atoms with E-state index in [1.807, 2.05) is 24.3 Å². The Bertz CT molecular complexity index is 827. The second-order valence-corrected chi connectivity index (χ2v) is 6.43. The summed E-state index contributed by atoms with van der Waals surface area (Å²) in [7, 11) is 3.51.